The van der Waals surface area contributed by atoms with Gasteiger partial charge in [-0.25, -0.2) is 0 Å². The summed E-state index contributed by atoms with van der Waals surface area (Å²) in [6.45, 7) is 1.68. The predicted molar refractivity (Wildman–Crippen MR) is 64.3 cm³/mol. The molecule has 0 N–H and O–H groups in total. The summed E-state index contributed by atoms with van der Waals surface area (Å²) in [6, 6.07) is 4.43. The van der Waals surface area contributed by atoms with E-state index < -0.39 is 6.08 Å². The fraction of sp³-hybridized carbons (Fsp3) is 0.182. The van der Waals surface area contributed by atoms with Crippen LogP contribution in [0.4, 0.5) is 8.78 Å². The van der Waals surface area contributed by atoms with Gasteiger partial charge in [-0.15, -0.1) is 0 Å². The van der Waals surface area contributed by atoms with Crippen LogP contribution in [0.15, 0.2) is 24.3 Å². The third-order valence-corrected chi connectivity index (χ3v) is 2.26. The average molecular weight is 283 g/mol. The molecule has 1 rings (SSSR count). The monoisotopic (exact) mass is 282 g/mol. The van der Waals surface area contributed by atoms with E-state index in [0.29, 0.717) is 17.1 Å². The van der Waals surface area contributed by atoms with Gasteiger partial charge in [0, 0.05) is 21.2 Å². The van der Waals surface area contributed by atoms with E-state index in [1.54, 1.807) is 0 Å². The minimum absolute atomic E-state index is 0.123. The number of methoxy groups -OCH3 is 1. The Bertz CT molecular complexity index is 416. The molecule has 0 saturated carbocycles. The molecule has 1 aromatic rings. The Morgan fingerprint density at radius 2 is 1.88 bits per heavy atom. The third-order valence-electron chi connectivity index (χ3n) is 1.71. The zero-order valence-corrected chi connectivity index (χ0v) is 10.6. The molecule has 1 aromatic carbocycles. The smallest absolute Gasteiger partial charge is 0.292 e. The van der Waals surface area contributed by atoms with Gasteiger partial charge in [0.05, 0.1) is 7.11 Å². The summed E-state index contributed by atoms with van der Waals surface area (Å²) in [5.74, 6) is 0. The minimum atomic E-state index is -1.73. The molecule has 0 amide bonds. The summed E-state index contributed by atoms with van der Waals surface area (Å²) < 4.78 is 28.2. The zero-order chi connectivity index (χ0) is 13.4. The van der Waals surface area contributed by atoms with Crippen LogP contribution in [0.3, 0.4) is 0 Å². The Morgan fingerprint density at radius 3 is 2.24 bits per heavy atom. The van der Waals surface area contributed by atoms with Crippen molar-refractivity contribution >= 4 is 35.2 Å². The van der Waals surface area contributed by atoms with Gasteiger partial charge in [0.1, 0.15) is 0 Å². The molecular formula is C11H10Cl2F2O2. The number of allylic oxidation sites excluding steroid dienone is 1. The summed E-state index contributed by atoms with van der Waals surface area (Å²) >= 11 is 11.3. The van der Waals surface area contributed by atoms with E-state index >= 15 is 0 Å². The van der Waals surface area contributed by atoms with Gasteiger partial charge < -0.3 is 4.74 Å². The van der Waals surface area contributed by atoms with Gasteiger partial charge in [-0.05, 0) is 19.1 Å². The van der Waals surface area contributed by atoms with Crippen molar-refractivity contribution in [2.24, 2.45) is 0 Å². The molecule has 0 heterocycles. The third kappa shape index (κ3) is 5.65. The van der Waals surface area contributed by atoms with Crippen LogP contribution in [0.25, 0.3) is 5.57 Å². The summed E-state index contributed by atoms with van der Waals surface area (Å²) in [5, 5.41) is 0.665. The van der Waals surface area contributed by atoms with Crippen molar-refractivity contribution in [2.75, 3.05) is 7.11 Å². The van der Waals surface area contributed by atoms with Gasteiger partial charge in [0.15, 0.2) is 0 Å². The molecule has 0 aromatic heterocycles. The predicted octanol–water partition coefficient (Wildman–Crippen LogP) is 4.41. The lowest BCUT2D eigenvalue weighted by Crippen LogP contribution is -1.82. The number of halogens is 4. The van der Waals surface area contributed by atoms with Gasteiger partial charge in [-0.3, -0.25) is 4.79 Å². The van der Waals surface area contributed by atoms with Crippen molar-refractivity contribution in [2.45, 2.75) is 6.92 Å². The highest BCUT2D eigenvalue weighted by Gasteiger charge is 2.07. The minimum Gasteiger partial charge on any atom is -0.471 e. The van der Waals surface area contributed by atoms with E-state index in [0.717, 1.165) is 0 Å². The first-order valence-corrected chi connectivity index (χ1v) is 5.13. The zero-order valence-electron chi connectivity index (χ0n) is 9.14. The molecule has 17 heavy (non-hydrogen) atoms. The van der Waals surface area contributed by atoms with Gasteiger partial charge in [0.2, 0.25) is 0 Å². The number of hydrogen-bond acceptors (Lipinski definition) is 2. The van der Waals surface area contributed by atoms with Crippen molar-refractivity contribution in [1.29, 1.82) is 0 Å². The maximum atomic E-state index is 12.2. The first-order valence-electron chi connectivity index (χ1n) is 4.37. The molecule has 2 nitrogen and oxygen atoms in total. The molecule has 0 unspecified atom stereocenters. The highest BCUT2D eigenvalue weighted by Crippen LogP contribution is 2.29. The second-order valence-electron chi connectivity index (χ2n) is 2.84. The lowest BCUT2D eigenvalue weighted by atomic mass is 10.1. The molecule has 0 aliphatic rings. The van der Waals surface area contributed by atoms with Gasteiger partial charge in [-0.2, -0.15) is 8.78 Å². The van der Waals surface area contributed by atoms with E-state index in [1.165, 1.54) is 32.2 Å². The molecular weight excluding hydrogens is 273 g/mol. The molecule has 0 aliphatic heterocycles. The number of carbonyl (C=O) groups excluding carboxylic acids is 1. The molecule has 0 saturated heterocycles. The van der Waals surface area contributed by atoms with Gasteiger partial charge in [-0.1, -0.05) is 29.3 Å². The Labute approximate surface area is 108 Å². The molecule has 94 valence electrons. The first-order chi connectivity index (χ1) is 7.93. The molecule has 0 spiro atoms. The number of ether oxygens (including phenoxy) is 1. The van der Waals surface area contributed by atoms with Crippen molar-refractivity contribution in [1.82, 2.24) is 0 Å². The van der Waals surface area contributed by atoms with Crippen molar-refractivity contribution in [3.05, 3.63) is 39.9 Å². The van der Waals surface area contributed by atoms with E-state index in [9.17, 15) is 8.78 Å². The second kappa shape index (κ2) is 8.03. The number of benzene rings is 1. The van der Waals surface area contributed by atoms with Crippen molar-refractivity contribution < 1.29 is 18.3 Å². The Kier molecular flexibility index (Phi) is 7.50. The van der Waals surface area contributed by atoms with Crippen molar-refractivity contribution in [3.63, 3.8) is 0 Å². The first kappa shape index (κ1) is 15.9. The molecule has 0 atom stereocenters. The lowest BCUT2D eigenvalue weighted by molar-refractivity contribution is -0.126. The van der Waals surface area contributed by atoms with Crippen LogP contribution in [-0.2, 0) is 9.53 Å². The SMILES string of the molecule is CC(=C(F)F)c1ccc(Cl)cc1Cl.COC=O. The average Bonchev–Trinajstić information content (AvgIpc) is 2.28. The lowest BCUT2D eigenvalue weighted by Gasteiger charge is -2.03. The van der Waals surface area contributed by atoms with Crippen LogP contribution >= 0.6 is 23.2 Å². The molecule has 0 aliphatic carbocycles. The van der Waals surface area contributed by atoms with Crippen LogP contribution in [0.2, 0.25) is 10.0 Å². The van der Waals surface area contributed by atoms with Crippen LogP contribution in [0, 0.1) is 0 Å². The van der Waals surface area contributed by atoms with Crippen LogP contribution in [0.1, 0.15) is 12.5 Å². The normalized spacial score (nSPS) is 8.82. The summed E-state index contributed by atoms with van der Waals surface area (Å²) in [4.78, 5) is 8.95. The maximum Gasteiger partial charge on any atom is 0.292 e. The summed E-state index contributed by atoms with van der Waals surface area (Å²) in [7, 11) is 1.31. The van der Waals surface area contributed by atoms with Gasteiger partial charge in [0.25, 0.3) is 12.6 Å². The second-order valence-corrected chi connectivity index (χ2v) is 3.69. The fourth-order valence-corrected chi connectivity index (χ4v) is 1.45. The topological polar surface area (TPSA) is 26.3 Å². The van der Waals surface area contributed by atoms with Crippen molar-refractivity contribution in [3.8, 4) is 0 Å². The van der Waals surface area contributed by atoms with Gasteiger partial charge >= 0.3 is 0 Å². The van der Waals surface area contributed by atoms with Crippen LogP contribution < -0.4 is 0 Å². The number of hydrogen-bond donors (Lipinski definition) is 0. The Hall–Kier alpha value is -1.13. The van der Waals surface area contributed by atoms with Crippen LogP contribution in [0.5, 0.6) is 0 Å². The number of rotatable bonds is 2. The standard InChI is InChI=1S/C9H6Cl2F2.C2H4O2/c1-5(9(12)13)7-3-2-6(10)4-8(7)11;1-4-2-3/h2-4H,1H3;2H,1H3. The highest BCUT2D eigenvalue weighted by molar-refractivity contribution is 6.35. The van der Waals surface area contributed by atoms with E-state index in [1.807, 2.05) is 0 Å². The number of carbonyl (C=O) groups is 1. The van der Waals surface area contributed by atoms with Crippen LogP contribution in [-0.4, -0.2) is 13.6 Å². The van der Waals surface area contributed by atoms with E-state index in [2.05, 4.69) is 4.74 Å². The largest absolute Gasteiger partial charge is 0.471 e. The van der Waals surface area contributed by atoms with E-state index in [4.69, 9.17) is 28.0 Å². The van der Waals surface area contributed by atoms with E-state index in [-0.39, 0.29) is 10.6 Å². The summed E-state index contributed by atoms with van der Waals surface area (Å²) in [5.41, 5.74) is 0.188. The Morgan fingerprint density at radius 1 is 1.35 bits per heavy atom. The summed E-state index contributed by atoms with van der Waals surface area (Å²) in [6.07, 6.45) is -1.73. The molecule has 0 radical (unpaired) electrons. The quantitative estimate of drug-likeness (QED) is 0.751. The molecule has 6 heteroatoms. The molecule has 0 bridgehead atoms. The highest BCUT2D eigenvalue weighted by atomic mass is 35.5. The Balaban J connectivity index is 0.000000557. The maximum absolute atomic E-state index is 12.2. The fourth-order valence-electron chi connectivity index (χ4n) is 0.895. The molecule has 0 fully saturated rings.